The fraction of sp³-hybridized carbons (Fsp3) is 0.837. The van der Waals surface area contributed by atoms with Gasteiger partial charge in [0.2, 0.25) is 0 Å². The Kier molecular flexibility index (Phi) is 20.1. The van der Waals surface area contributed by atoms with E-state index in [9.17, 15) is 46.9 Å². The molecule has 0 saturated carbocycles. The van der Waals surface area contributed by atoms with Gasteiger partial charge in [0, 0.05) is 34.7 Å². The molecule has 5 fully saturated rings. The first kappa shape index (κ1) is 57.9. The molecule has 5 aliphatic rings. The summed E-state index contributed by atoms with van der Waals surface area (Å²) >= 11 is 0. The molecule has 0 radical (unpaired) electrons. The number of benzene rings is 1. The van der Waals surface area contributed by atoms with Crippen LogP contribution in [0.5, 0.6) is 0 Å². The highest BCUT2D eigenvalue weighted by Gasteiger charge is 2.55. The molecule has 0 aromatic heterocycles. The minimum absolute atomic E-state index is 0.0116. The summed E-state index contributed by atoms with van der Waals surface area (Å²) < 4.78 is 145. The molecule has 5 aliphatic heterocycles. The highest BCUT2D eigenvalue weighted by molar-refractivity contribution is 7.81. The summed E-state index contributed by atoms with van der Waals surface area (Å²) in [5.41, 5.74) is 20.0. The van der Waals surface area contributed by atoms with Crippen molar-refractivity contribution in [2.75, 3.05) is 20.3 Å². The number of carboxylic acids is 1. The van der Waals surface area contributed by atoms with Crippen LogP contribution in [-0.4, -0.2) is 162 Å². The smallest absolute Gasteiger partial charge is 0.397 e. The zero-order valence-corrected chi connectivity index (χ0v) is 42.8. The van der Waals surface area contributed by atoms with Gasteiger partial charge in [-0.1, -0.05) is 82.1 Å². The molecule has 6 rings (SSSR count). The monoisotopic (exact) mass is 1070 g/mol. The first-order chi connectivity index (χ1) is 33.9. The van der Waals surface area contributed by atoms with E-state index >= 15 is 0 Å². The molecule has 1 aromatic rings. The minimum Gasteiger partial charge on any atom is -0.479 e. The predicted molar refractivity (Wildman–Crippen MR) is 244 cm³/mol. The van der Waals surface area contributed by atoms with E-state index < -0.39 is 156 Å². The fourth-order valence-electron chi connectivity index (χ4n) is 9.76. The number of aliphatic carboxylic acids is 1. The molecule has 0 amide bonds. The average molecular weight is 1070 g/mol. The second-order valence-electron chi connectivity index (χ2n) is 19.0. The summed E-state index contributed by atoms with van der Waals surface area (Å²) in [6.45, 7) is 13.5. The van der Waals surface area contributed by atoms with Gasteiger partial charge >= 0.3 is 26.8 Å². The summed E-state index contributed by atoms with van der Waals surface area (Å²) in [6, 6.07) is 7.58. The topological polar surface area (TPSA) is 364 Å². The van der Waals surface area contributed by atoms with Gasteiger partial charge in [0.25, 0.3) is 0 Å². The summed E-state index contributed by atoms with van der Waals surface area (Å²) in [5.74, 6) is -4.42. The van der Waals surface area contributed by atoms with Gasteiger partial charge in [0.1, 0.15) is 24.4 Å². The molecule has 72 heavy (non-hydrogen) atoms. The SMILES string of the molecule is CO[C@H]1OC(COS(=O)(=O)O)[C@@H](O[C@@H]2OC(C(=O)O)[C@@H](O[C@H]3OC(C)[C@@H](O[C@@H]4OC[C@@H](O[C@H]5OC(C)[C@@H](C)[C@H](C)C5N=[N+]=[N-])[C@H](C)C4OCc4ccccc4)CC3N=[N+]=[N-])[C@H](C)C2OS(=O)(=O)O)[C@H](C)C1C. The summed E-state index contributed by atoms with van der Waals surface area (Å²) in [4.78, 5) is 19.0. The molecular weight excluding hydrogens is 1000 g/mol. The van der Waals surface area contributed by atoms with Gasteiger partial charge in [-0.25, -0.2) is 13.2 Å². The summed E-state index contributed by atoms with van der Waals surface area (Å²) in [7, 11) is -8.98. The number of carbonyl (C=O) groups is 1. The first-order valence-corrected chi connectivity index (χ1v) is 26.3. The lowest BCUT2D eigenvalue weighted by atomic mass is 9.83. The quantitative estimate of drug-likeness (QED) is 0.0688. The van der Waals surface area contributed by atoms with Crippen molar-refractivity contribution in [3.05, 3.63) is 56.8 Å². The normalized spacial score (nSPS) is 41.9. The predicted octanol–water partition coefficient (Wildman–Crippen LogP) is 4.71. The molecule has 0 spiro atoms. The van der Waals surface area contributed by atoms with E-state index in [4.69, 9.17) is 56.3 Å². The van der Waals surface area contributed by atoms with E-state index in [1.165, 1.54) is 14.0 Å². The number of hydrogen-bond acceptors (Lipinski definition) is 20. The van der Waals surface area contributed by atoms with Crippen molar-refractivity contribution in [2.45, 2.75) is 173 Å². The van der Waals surface area contributed by atoms with Crippen molar-refractivity contribution >= 4 is 26.8 Å². The molecule has 406 valence electrons. The van der Waals surface area contributed by atoms with Crippen LogP contribution in [-0.2, 0) is 92.7 Å². The Morgan fingerprint density at radius 2 is 1.33 bits per heavy atom. The van der Waals surface area contributed by atoms with Crippen LogP contribution in [0.15, 0.2) is 40.6 Å². The number of methoxy groups -OCH3 is 1. The Morgan fingerprint density at radius 1 is 0.681 bits per heavy atom. The van der Waals surface area contributed by atoms with Crippen molar-refractivity contribution in [3.63, 3.8) is 0 Å². The van der Waals surface area contributed by atoms with Gasteiger partial charge in [-0.2, -0.15) is 16.8 Å². The molecule has 0 aliphatic carbocycles. The van der Waals surface area contributed by atoms with Crippen LogP contribution in [0, 0.1) is 35.5 Å². The van der Waals surface area contributed by atoms with Crippen molar-refractivity contribution in [2.24, 2.45) is 45.7 Å². The number of ether oxygens (including phenoxy) is 11. The van der Waals surface area contributed by atoms with Gasteiger partial charge in [-0.05, 0) is 54.6 Å². The zero-order valence-electron chi connectivity index (χ0n) is 41.2. The highest BCUT2D eigenvalue weighted by Crippen LogP contribution is 2.41. The average Bonchev–Trinajstić information content (AvgIpc) is 3.31. The molecular formula is C43H66N6O21S2. The Hall–Kier alpha value is -3.39. The van der Waals surface area contributed by atoms with Crippen molar-refractivity contribution in [3.8, 4) is 0 Å². The Bertz CT molecular complexity index is 2280. The number of carboxylic acid groups (broad SMARTS) is 1. The van der Waals surface area contributed by atoms with Crippen LogP contribution >= 0.6 is 0 Å². The third kappa shape index (κ3) is 14.3. The van der Waals surface area contributed by atoms with Gasteiger partial charge in [-0.15, -0.1) is 0 Å². The van der Waals surface area contributed by atoms with Crippen LogP contribution < -0.4 is 0 Å². The standard InChI is InChI=1S/C43H66N6O21S2/c1-19-20(2)32(47-49-45)41(62-25(19)7)65-30-17-60-42(35(23(30)5)59-16-27-13-11-10-12-14-27)64-29-15-28(46-48-44)40(63-26(29)8)68-34-24(6)36(70-72(55,56)57)43(69-37(34)38(50)51)67-33-21(3)22(4)39(58-9)66-31(33)18-61-71(52,53)54/h10-14,19-26,28-37,39-43H,15-18H2,1-9H3,(H,50,51)(H,52,53,54)(H,55,56,57)/t19-,20-,21+,22?,23-,24-,25?,26?,28?,29-,30+,31?,32?,33-,34-,35?,36?,37?,39-,40+,41+,42-,43+/m0/s1. The molecule has 5 heterocycles. The lowest BCUT2D eigenvalue weighted by Gasteiger charge is -2.49. The maximum atomic E-state index is 13.0. The number of azide groups is 2. The van der Waals surface area contributed by atoms with Gasteiger partial charge in [0.05, 0.1) is 62.4 Å². The van der Waals surface area contributed by atoms with E-state index in [1.807, 2.05) is 58.0 Å². The first-order valence-electron chi connectivity index (χ1n) is 23.6. The van der Waals surface area contributed by atoms with Crippen LogP contribution in [0.3, 0.4) is 0 Å². The third-order valence-electron chi connectivity index (χ3n) is 14.5. The second-order valence-corrected chi connectivity index (χ2v) is 21.2. The van der Waals surface area contributed by atoms with Gasteiger partial charge in [-0.3, -0.25) is 9.11 Å². The number of nitrogens with zero attached hydrogens (tertiary/aromatic N) is 6. The van der Waals surface area contributed by atoms with Crippen molar-refractivity contribution in [1.82, 2.24) is 0 Å². The van der Waals surface area contributed by atoms with Gasteiger partial charge < -0.3 is 57.2 Å². The van der Waals surface area contributed by atoms with E-state index in [2.05, 4.69) is 24.2 Å². The van der Waals surface area contributed by atoms with Crippen LogP contribution in [0.25, 0.3) is 20.9 Å². The van der Waals surface area contributed by atoms with Crippen LogP contribution in [0.2, 0.25) is 0 Å². The zero-order chi connectivity index (χ0) is 52.8. The maximum absolute atomic E-state index is 13.0. The Balaban J connectivity index is 1.21. The van der Waals surface area contributed by atoms with Crippen molar-refractivity contribution in [1.29, 1.82) is 0 Å². The minimum atomic E-state index is -5.32. The third-order valence-corrected chi connectivity index (χ3v) is 15.4. The summed E-state index contributed by atoms with van der Waals surface area (Å²) in [5, 5.41) is 18.5. The molecule has 5 saturated heterocycles. The molecule has 23 atom stereocenters. The maximum Gasteiger partial charge on any atom is 0.397 e. The van der Waals surface area contributed by atoms with Crippen molar-refractivity contribution < 1.29 is 96.3 Å². The highest BCUT2D eigenvalue weighted by atomic mass is 32.3. The van der Waals surface area contributed by atoms with E-state index in [0.717, 1.165) is 5.56 Å². The Morgan fingerprint density at radius 3 is 1.96 bits per heavy atom. The number of hydrogen-bond donors (Lipinski definition) is 3. The van der Waals surface area contributed by atoms with Crippen LogP contribution in [0.4, 0.5) is 0 Å². The molecule has 0 bridgehead atoms. The molecule has 27 nitrogen and oxygen atoms in total. The van der Waals surface area contributed by atoms with Gasteiger partial charge in [0.15, 0.2) is 37.6 Å². The lowest BCUT2D eigenvalue weighted by Crippen LogP contribution is -2.63. The number of rotatable bonds is 20. The second kappa shape index (κ2) is 25.0. The molecule has 3 N–H and O–H groups in total. The van der Waals surface area contributed by atoms with E-state index in [0.29, 0.717) is 0 Å². The summed E-state index contributed by atoms with van der Waals surface area (Å²) in [6.07, 6.45) is -17.7. The molecule has 9 unspecified atom stereocenters. The van der Waals surface area contributed by atoms with E-state index in [-0.39, 0.29) is 37.6 Å². The Labute approximate surface area is 417 Å². The largest absolute Gasteiger partial charge is 0.479 e. The lowest BCUT2D eigenvalue weighted by molar-refractivity contribution is -0.352. The fourth-order valence-corrected chi connectivity index (χ4v) is 10.6. The molecule has 1 aromatic carbocycles. The van der Waals surface area contributed by atoms with E-state index in [1.54, 1.807) is 20.8 Å². The van der Waals surface area contributed by atoms with Crippen LogP contribution in [0.1, 0.15) is 67.4 Å². The molecule has 29 heteroatoms.